The van der Waals surface area contributed by atoms with Crippen LogP contribution < -0.4 is 14.8 Å². The second kappa shape index (κ2) is 7.35. The number of carboxylic acid groups (broad SMARTS) is 1. The van der Waals surface area contributed by atoms with Crippen LogP contribution in [0.3, 0.4) is 0 Å². The lowest BCUT2D eigenvalue weighted by molar-refractivity contribution is 0.0682. The van der Waals surface area contributed by atoms with E-state index >= 15 is 0 Å². The third kappa shape index (κ3) is 3.51. The van der Waals surface area contributed by atoms with Crippen molar-refractivity contribution in [3.05, 3.63) is 39.6 Å². The summed E-state index contributed by atoms with van der Waals surface area (Å²) in [5.74, 6) is -0.589. The number of ether oxygens (including phenoxy) is 2. The molecule has 8 nitrogen and oxygen atoms in total. The summed E-state index contributed by atoms with van der Waals surface area (Å²) in [6.07, 6.45) is 1.41. The normalized spacial score (nSPS) is 10.3. The molecule has 1 aromatic carbocycles. The van der Waals surface area contributed by atoms with E-state index in [0.717, 1.165) is 0 Å². The van der Waals surface area contributed by atoms with Crippen molar-refractivity contribution in [2.45, 2.75) is 6.54 Å². The Morgan fingerprint density at radius 1 is 1.29 bits per heavy atom. The number of rotatable bonds is 6. The molecule has 0 aliphatic carbocycles. The number of amides is 1. The van der Waals surface area contributed by atoms with Gasteiger partial charge in [-0.15, -0.1) is 0 Å². The summed E-state index contributed by atoms with van der Waals surface area (Å²) in [6.45, 7) is 0.0368. The van der Waals surface area contributed by atoms with Gasteiger partial charge in [0.2, 0.25) is 0 Å². The first-order chi connectivity index (χ1) is 11.4. The van der Waals surface area contributed by atoms with Crippen LogP contribution >= 0.6 is 15.9 Å². The first-order valence-corrected chi connectivity index (χ1v) is 7.62. The predicted molar refractivity (Wildman–Crippen MR) is 88.6 cm³/mol. The smallest absolute Gasteiger partial charge is 0.354 e. The molecule has 9 heteroatoms. The Balaban J connectivity index is 2.21. The molecule has 0 fully saturated rings. The lowest BCUT2D eigenvalue weighted by atomic mass is 10.1. The molecule has 1 aromatic heterocycles. The lowest BCUT2D eigenvalue weighted by Gasteiger charge is -2.12. The zero-order valence-corrected chi connectivity index (χ0v) is 14.9. The highest BCUT2D eigenvalue weighted by Crippen LogP contribution is 2.33. The quantitative estimate of drug-likeness (QED) is 0.770. The van der Waals surface area contributed by atoms with E-state index in [9.17, 15) is 14.7 Å². The number of hydrogen-bond acceptors (Lipinski definition) is 5. The minimum atomic E-state index is -1.11. The van der Waals surface area contributed by atoms with Crippen LogP contribution in [0.1, 0.15) is 26.4 Å². The van der Waals surface area contributed by atoms with Gasteiger partial charge in [-0.25, -0.2) is 4.79 Å². The minimum absolute atomic E-state index is 0.0293. The van der Waals surface area contributed by atoms with Crippen molar-refractivity contribution >= 4 is 27.8 Å². The van der Waals surface area contributed by atoms with Crippen molar-refractivity contribution in [2.24, 2.45) is 7.05 Å². The highest BCUT2D eigenvalue weighted by atomic mass is 79.9. The third-order valence-electron chi connectivity index (χ3n) is 3.37. The molecule has 0 bridgehead atoms. The van der Waals surface area contributed by atoms with Gasteiger partial charge in [-0.2, -0.15) is 5.10 Å². The number of methoxy groups -OCH3 is 2. The van der Waals surface area contributed by atoms with Crippen LogP contribution in [0.4, 0.5) is 0 Å². The zero-order valence-electron chi connectivity index (χ0n) is 13.3. The SMILES string of the molecule is COc1cc(Br)c(C(=O)NCc2cnn(C)c2C(=O)O)cc1OC. The average molecular weight is 398 g/mol. The van der Waals surface area contributed by atoms with Gasteiger partial charge in [0.05, 0.1) is 26.0 Å². The maximum Gasteiger partial charge on any atom is 0.354 e. The Kier molecular flexibility index (Phi) is 5.45. The fourth-order valence-corrected chi connectivity index (χ4v) is 2.69. The molecule has 128 valence electrons. The van der Waals surface area contributed by atoms with Gasteiger partial charge in [0.15, 0.2) is 17.2 Å². The second-order valence-electron chi connectivity index (χ2n) is 4.82. The van der Waals surface area contributed by atoms with E-state index in [0.29, 0.717) is 27.1 Å². The number of hydrogen-bond donors (Lipinski definition) is 2. The van der Waals surface area contributed by atoms with Crippen molar-refractivity contribution in [1.29, 1.82) is 0 Å². The van der Waals surface area contributed by atoms with E-state index in [1.165, 1.54) is 32.1 Å². The standard InChI is InChI=1S/C15H16BrN3O5/c1-19-13(15(21)22)8(7-18-19)6-17-14(20)9-4-11(23-2)12(24-3)5-10(9)16/h4-5,7H,6H2,1-3H3,(H,17,20)(H,21,22). The summed E-state index contributed by atoms with van der Waals surface area (Å²) >= 11 is 3.31. The number of aromatic nitrogens is 2. The molecule has 0 unspecified atom stereocenters. The van der Waals surface area contributed by atoms with Crippen LogP contribution in [0.25, 0.3) is 0 Å². The number of carbonyl (C=O) groups is 2. The molecule has 1 amide bonds. The lowest BCUT2D eigenvalue weighted by Crippen LogP contribution is -2.24. The number of benzene rings is 1. The second-order valence-corrected chi connectivity index (χ2v) is 5.67. The monoisotopic (exact) mass is 397 g/mol. The number of aryl methyl sites for hydroxylation is 1. The van der Waals surface area contributed by atoms with Crippen LogP contribution in [0.15, 0.2) is 22.8 Å². The fraction of sp³-hybridized carbons (Fsp3) is 0.267. The van der Waals surface area contributed by atoms with Gasteiger partial charge in [-0.1, -0.05) is 0 Å². The van der Waals surface area contributed by atoms with Crippen molar-refractivity contribution in [3.8, 4) is 11.5 Å². The number of carboxylic acids is 1. The van der Waals surface area contributed by atoms with Crippen molar-refractivity contribution in [1.82, 2.24) is 15.1 Å². The van der Waals surface area contributed by atoms with E-state index < -0.39 is 5.97 Å². The van der Waals surface area contributed by atoms with E-state index in [1.54, 1.807) is 12.1 Å². The highest BCUT2D eigenvalue weighted by molar-refractivity contribution is 9.10. The summed E-state index contributed by atoms with van der Waals surface area (Å²) < 4.78 is 12.1. The van der Waals surface area contributed by atoms with Gasteiger partial charge in [-0.3, -0.25) is 9.48 Å². The molecule has 1 heterocycles. The first kappa shape index (κ1) is 17.8. The van der Waals surface area contributed by atoms with Crippen LogP contribution in [0.5, 0.6) is 11.5 Å². The predicted octanol–water partition coefficient (Wildman–Crippen LogP) is 1.83. The van der Waals surface area contributed by atoms with Crippen molar-refractivity contribution in [3.63, 3.8) is 0 Å². The summed E-state index contributed by atoms with van der Waals surface area (Å²) in [5, 5.41) is 15.7. The zero-order chi connectivity index (χ0) is 17.9. The summed E-state index contributed by atoms with van der Waals surface area (Å²) in [6, 6.07) is 3.17. The van der Waals surface area contributed by atoms with Crippen LogP contribution in [0, 0.1) is 0 Å². The number of carbonyl (C=O) groups excluding carboxylic acids is 1. The fourth-order valence-electron chi connectivity index (χ4n) is 2.19. The molecule has 0 spiro atoms. The first-order valence-electron chi connectivity index (χ1n) is 6.83. The van der Waals surface area contributed by atoms with Crippen molar-refractivity contribution in [2.75, 3.05) is 14.2 Å². The summed E-state index contributed by atoms with van der Waals surface area (Å²) in [4.78, 5) is 23.6. The van der Waals surface area contributed by atoms with Crippen LogP contribution in [-0.2, 0) is 13.6 Å². The highest BCUT2D eigenvalue weighted by Gasteiger charge is 2.19. The molecule has 24 heavy (non-hydrogen) atoms. The largest absolute Gasteiger partial charge is 0.493 e. The number of halogens is 1. The van der Waals surface area contributed by atoms with Crippen molar-refractivity contribution < 1.29 is 24.2 Å². The number of nitrogens with one attached hydrogen (secondary N) is 1. The van der Waals surface area contributed by atoms with Gasteiger partial charge >= 0.3 is 5.97 Å². The van der Waals surface area contributed by atoms with E-state index in [1.807, 2.05) is 0 Å². The van der Waals surface area contributed by atoms with E-state index in [4.69, 9.17) is 9.47 Å². The molecule has 0 saturated carbocycles. The van der Waals surface area contributed by atoms with Gasteiger partial charge in [-0.05, 0) is 28.1 Å². The maximum absolute atomic E-state index is 12.4. The molecule has 2 N–H and O–H groups in total. The van der Waals surface area contributed by atoms with Gasteiger partial charge in [0.1, 0.15) is 0 Å². The van der Waals surface area contributed by atoms with Gasteiger partial charge in [0.25, 0.3) is 5.91 Å². The van der Waals surface area contributed by atoms with Gasteiger partial charge in [0, 0.05) is 23.6 Å². The Labute approximate surface area is 146 Å². The van der Waals surface area contributed by atoms with E-state index in [2.05, 4.69) is 26.3 Å². The Morgan fingerprint density at radius 3 is 2.50 bits per heavy atom. The molecule has 0 aliphatic rings. The molecule has 0 saturated heterocycles. The van der Waals surface area contributed by atoms with Crippen LogP contribution in [-0.4, -0.2) is 41.0 Å². The number of aromatic carboxylic acids is 1. The molecule has 0 radical (unpaired) electrons. The van der Waals surface area contributed by atoms with E-state index in [-0.39, 0.29) is 18.1 Å². The third-order valence-corrected chi connectivity index (χ3v) is 4.03. The Morgan fingerprint density at radius 2 is 1.92 bits per heavy atom. The minimum Gasteiger partial charge on any atom is -0.493 e. The number of nitrogens with zero attached hydrogens (tertiary/aromatic N) is 2. The molecule has 2 rings (SSSR count). The van der Waals surface area contributed by atoms with Gasteiger partial charge < -0.3 is 19.9 Å². The maximum atomic E-state index is 12.4. The Hall–Kier alpha value is -2.55. The Bertz CT molecular complexity index is 788. The molecular weight excluding hydrogens is 382 g/mol. The molecule has 0 atom stereocenters. The molecule has 0 aliphatic heterocycles. The van der Waals surface area contributed by atoms with Crippen LogP contribution in [0.2, 0.25) is 0 Å². The topological polar surface area (TPSA) is 103 Å². The average Bonchev–Trinajstić information content (AvgIpc) is 2.93. The summed E-state index contributed by atoms with van der Waals surface area (Å²) in [7, 11) is 4.50. The molecule has 2 aromatic rings. The molecular formula is C15H16BrN3O5. The summed E-state index contributed by atoms with van der Waals surface area (Å²) in [5.41, 5.74) is 0.782.